The third kappa shape index (κ3) is 10.8. The molecule has 2 amide bonds. The Morgan fingerprint density at radius 2 is 1.60 bits per heavy atom. The normalized spacial score (nSPS) is 17.5. The van der Waals surface area contributed by atoms with Crippen LogP contribution in [0.5, 0.6) is 0 Å². The van der Waals surface area contributed by atoms with E-state index in [-0.39, 0.29) is 17.0 Å². The highest BCUT2D eigenvalue weighted by molar-refractivity contribution is 6.76. The third-order valence-corrected chi connectivity index (χ3v) is 11.7. The van der Waals surface area contributed by atoms with Gasteiger partial charge in [0.1, 0.15) is 29.3 Å². The topological polar surface area (TPSA) is 107 Å². The first-order valence-corrected chi connectivity index (χ1v) is 21.8. The zero-order valence-electron chi connectivity index (χ0n) is 30.0. The van der Waals surface area contributed by atoms with E-state index in [0.29, 0.717) is 31.0 Å². The van der Waals surface area contributed by atoms with Crippen molar-refractivity contribution in [2.45, 2.75) is 143 Å². The fourth-order valence-electron chi connectivity index (χ4n) is 7.37. The van der Waals surface area contributed by atoms with Crippen molar-refractivity contribution in [3.05, 3.63) is 28.7 Å². The molecule has 0 radical (unpaired) electrons. The molecule has 0 bridgehead atoms. The number of aromatic nitrogens is 3. The van der Waals surface area contributed by atoms with Crippen molar-refractivity contribution in [2.75, 3.05) is 11.9 Å². The van der Waals surface area contributed by atoms with E-state index in [1.54, 1.807) is 6.07 Å². The Morgan fingerprint density at radius 3 is 2.13 bits per heavy atom. The first-order valence-electron chi connectivity index (χ1n) is 17.7. The monoisotopic (exact) mass is 687 g/mol. The number of hydrogen-bond acceptors (Lipinski definition) is 6. The molecule has 262 valence electrons. The molecule has 2 aliphatic carbocycles. The van der Waals surface area contributed by atoms with Crippen molar-refractivity contribution in [3.8, 4) is 11.1 Å². The van der Waals surface area contributed by atoms with Gasteiger partial charge in [0.25, 0.3) is 0 Å². The predicted octanol–water partition coefficient (Wildman–Crippen LogP) is 9.14. The molecule has 2 aromatic heterocycles. The predicted molar refractivity (Wildman–Crippen MR) is 192 cm³/mol. The zero-order chi connectivity index (χ0) is 34.4. The Kier molecular flexibility index (Phi) is 13.0. The second-order valence-electron chi connectivity index (χ2n) is 15.9. The van der Waals surface area contributed by atoms with Crippen LogP contribution in [0.4, 0.5) is 10.6 Å². The minimum Gasteiger partial charge on any atom is -0.444 e. The number of pyridine rings is 1. The SMILES string of the molecule is Cc1nn(COCC[Si](C)(C)C)c(C)c1-c1ccc(NC(=O)C(NC(=O)OC(C)(C)C)C(C2CCCCC2)C2CCCCC2)nc1Cl. The smallest absolute Gasteiger partial charge is 0.408 e. The van der Waals surface area contributed by atoms with Gasteiger partial charge in [0.05, 0.1) is 5.69 Å². The molecule has 1 atom stereocenters. The maximum atomic E-state index is 14.2. The molecule has 0 spiro atoms. The average Bonchev–Trinajstić information content (AvgIpc) is 3.27. The molecular formula is C36H58ClN5O4Si. The number of ether oxygens (including phenoxy) is 2. The zero-order valence-corrected chi connectivity index (χ0v) is 31.8. The lowest BCUT2D eigenvalue weighted by molar-refractivity contribution is -0.121. The number of rotatable bonds is 12. The summed E-state index contributed by atoms with van der Waals surface area (Å²) in [5.74, 6) is 0.853. The molecule has 1 unspecified atom stereocenters. The van der Waals surface area contributed by atoms with E-state index >= 15 is 0 Å². The number of anilines is 1. The minimum absolute atomic E-state index is 0.0296. The minimum atomic E-state index is -1.18. The van der Waals surface area contributed by atoms with Gasteiger partial charge >= 0.3 is 6.09 Å². The number of nitrogens with one attached hydrogen (secondary N) is 2. The molecule has 0 aliphatic heterocycles. The Morgan fingerprint density at radius 1 is 1.00 bits per heavy atom. The average molecular weight is 688 g/mol. The lowest BCUT2D eigenvalue weighted by Crippen LogP contribution is -2.54. The Balaban J connectivity index is 1.56. The molecule has 2 fully saturated rings. The van der Waals surface area contributed by atoms with E-state index < -0.39 is 25.8 Å². The summed E-state index contributed by atoms with van der Waals surface area (Å²) in [5, 5.41) is 11.0. The van der Waals surface area contributed by atoms with Crippen molar-refractivity contribution >= 4 is 37.5 Å². The number of amides is 2. The lowest BCUT2D eigenvalue weighted by Gasteiger charge is -2.42. The maximum absolute atomic E-state index is 14.2. The van der Waals surface area contributed by atoms with Gasteiger partial charge in [0.15, 0.2) is 0 Å². The number of carbonyl (C=O) groups is 2. The van der Waals surface area contributed by atoms with Crippen LogP contribution in [0, 0.1) is 31.6 Å². The van der Waals surface area contributed by atoms with Gasteiger partial charge < -0.3 is 20.1 Å². The third-order valence-electron chi connectivity index (χ3n) is 9.69. The van der Waals surface area contributed by atoms with Crippen LogP contribution in [0.2, 0.25) is 30.8 Å². The largest absolute Gasteiger partial charge is 0.444 e. The van der Waals surface area contributed by atoms with E-state index in [2.05, 4.69) is 35.3 Å². The van der Waals surface area contributed by atoms with E-state index in [4.69, 9.17) is 26.2 Å². The van der Waals surface area contributed by atoms with Crippen LogP contribution in [-0.2, 0) is 21.0 Å². The van der Waals surface area contributed by atoms with Gasteiger partial charge in [-0.2, -0.15) is 5.10 Å². The van der Waals surface area contributed by atoms with Gasteiger partial charge in [-0.25, -0.2) is 14.5 Å². The van der Waals surface area contributed by atoms with Gasteiger partial charge in [-0.1, -0.05) is 95.5 Å². The van der Waals surface area contributed by atoms with E-state index in [9.17, 15) is 9.59 Å². The second kappa shape index (κ2) is 16.3. The maximum Gasteiger partial charge on any atom is 0.408 e. The quantitative estimate of drug-likeness (QED) is 0.131. The van der Waals surface area contributed by atoms with Crippen molar-refractivity contribution in [1.29, 1.82) is 0 Å². The highest BCUT2D eigenvalue weighted by Gasteiger charge is 2.42. The van der Waals surface area contributed by atoms with Crippen LogP contribution < -0.4 is 10.6 Å². The molecule has 2 aromatic rings. The summed E-state index contributed by atoms with van der Waals surface area (Å²) >= 11 is 6.80. The van der Waals surface area contributed by atoms with Crippen LogP contribution in [0.25, 0.3) is 11.1 Å². The molecule has 2 saturated carbocycles. The summed E-state index contributed by atoms with van der Waals surface area (Å²) in [7, 11) is -1.18. The number of alkyl carbamates (subject to hydrolysis) is 1. The highest BCUT2D eigenvalue weighted by Crippen LogP contribution is 2.42. The highest BCUT2D eigenvalue weighted by atomic mass is 35.5. The number of aryl methyl sites for hydroxylation is 1. The first-order chi connectivity index (χ1) is 22.1. The Bertz CT molecular complexity index is 1340. The second-order valence-corrected chi connectivity index (χ2v) is 21.9. The van der Waals surface area contributed by atoms with Gasteiger partial charge in [0.2, 0.25) is 5.91 Å². The molecule has 47 heavy (non-hydrogen) atoms. The number of carbonyl (C=O) groups excluding carboxylic acids is 2. The molecule has 2 aliphatic rings. The van der Waals surface area contributed by atoms with Gasteiger partial charge in [-0.15, -0.1) is 0 Å². The van der Waals surface area contributed by atoms with Crippen LogP contribution in [-0.4, -0.2) is 53.1 Å². The van der Waals surface area contributed by atoms with Crippen molar-refractivity contribution in [3.63, 3.8) is 0 Å². The van der Waals surface area contributed by atoms with Gasteiger partial charge in [-0.3, -0.25) is 4.79 Å². The summed E-state index contributed by atoms with van der Waals surface area (Å²) in [6.45, 7) is 17.6. The molecule has 0 saturated heterocycles. The molecule has 0 aromatic carbocycles. The summed E-state index contributed by atoms with van der Waals surface area (Å²) < 4.78 is 13.5. The molecule has 4 rings (SSSR count). The molecule has 2 heterocycles. The van der Waals surface area contributed by atoms with Gasteiger partial charge in [0, 0.05) is 31.5 Å². The van der Waals surface area contributed by atoms with Crippen molar-refractivity contribution in [1.82, 2.24) is 20.1 Å². The Hall–Kier alpha value is -2.43. The molecule has 9 nitrogen and oxygen atoms in total. The fraction of sp³-hybridized carbons (Fsp3) is 0.722. The molecule has 2 N–H and O–H groups in total. The molecule has 11 heteroatoms. The standard InChI is InChI=1S/C36H58ClN5O4Si/c1-24-30(25(2)42(41-24)23-45-21-22-47(6,7)8)28-19-20-29(38-33(28)37)39-34(43)32(40-35(44)46-36(3,4)5)31(26-15-11-9-12-16-26)27-17-13-10-14-18-27/h19-20,26-27,31-32H,9-18,21-23H2,1-8H3,(H,40,44)(H,38,39,43). The number of hydrogen-bond donors (Lipinski definition) is 2. The van der Waals surface area contributed by atoms with E-state index in [1.807, 2.05) is 45.4 Å². The van der Waals surface area contributed by atoms with Crippen LogP contribution >= 0.6 is 11.6 Å². The summed E-state index contributed by atoms with van der Waals surface area (Å²) in [4.78, 5) is 32.0. The van der Waals surface area contributed by atoms with Gasteiger partial charge in [-0.05, 0) is 70.5 Å². The summed E-state index contributed by atoms with van der Waals surface area (Å²) in [5.41, 5.74) is 2.76. The van der Waals surface area contributed by atoms with Crippen molar-refractivity contribution < 1.29 is 19.1 Å². The first kappa shape index (κ1) is 37.4. The number of nitrogens with zero attached hydrogens (tertiary/aromatic N) is 3. The lowest BCUT2D eigenvalue weighted by atomic mass is 9.66. The number of halogens is 1. The van der Waals surface area contributed by atoms with Crippen LogP contribution in [0.3, 0.4) is 0 Å². The molecular weight excluding hydrogens is 630 g/mol. The van der Waals surface area contributed by atoms with E-state index in [0.717, 1.165) is 79.9 Å². The summed E-state index contributed by atoms with van der Waals surface area (Å²) in [6, 6.07) is 4.02. The van der Waals surface area contributed by atoms with Crippen LogP contribution in [0.15, 0.2) is 12.1 Å². The van der Waals surface area contributed by atoms with Crippen LogP contribution in [0.1, 0.15) is 96.4 Å². The van der Waals surface area contributed by atoms with Crippen molar-refractivity contribution in [2.24, 2.45) is 17.8 Å². The fourth-order valence-corrected chi connectivity index (χ4v) is 8.38. The van der Waals surface area contributed by atoms with E-state index in [1.165, 1.54) is 12.8 Å². The Labute approximate surface area is 288 Å². The summed E-state index contributed by atoms with van der Waals surface area (Å²) in [6.07, 6.45) is 10.8.